The molecule has 5 nitrogen and oxygen atoms in total. The first-order valence-corrected chi connectivity index (χ1v) is 6.48. The lowest BCUT2D eigenvalue weighted by Gasteiger charge is -2.38. The van der Waals surface area contributed by atoms with E-state index in [1.807, 2.05) is 20.8 Å². The summed E-state index contributed by atoms with van der Waals surface area (Å²) in [5.74, 6) is -0.157. The van der Waals surface area contributed by atoms with Gasteiger partial charge in [0.2, 0.25) is 0 Å². The molecule has 0 aromatic carbocycles. The number of rotatable bonds is 0. The number of esters is 1. The topological polar surface area (TPSA) is 55.8 Å². The first kappa shape index (κ1) is 13.2. The summed E-state index contributed by atoms with van der Waals surface area (Å²) in [6.45, 7) is 7.09. The molecule has 2 rings (SSSR count). The predicted molar refractivity (Wildman–Crippen MR) is 65.1 cm³/mol. The molecule has 0 radical (unpaired) electrons. The third-order valence-corrected chi connectivity index (χ3v) is 3.48. The molecule has 1 atom stereocenters. The Labute approximate surface area is 107 Å². The molecular formula is C13H21NO4. The van der Waals surface area contributed by atoms with Crippen LogP contribution < -0.4 is 0 Å². The highest BCUT2D eigenvalue weighted by atomic mass is 16.6. The largest absolute Gasteiger partial charge is 0.465 e. The van der Waals surface area contributed by atoms with Gasteiger partial charge >= 0.3 is 12.1 Å². The van der Waals surface area contributed by atoms with Gasteiger partial charge in [0.25, 0.3) is 0 Å². The quantitative estimate of drug-likeness (QED) is 0.621. The fourth-order valence-electron chi connectivity index (χ4n) is 2.58. The number of carbonyl (C=O) groups is 2. The number of likely N-dealkylation sites (tertiary alicyclic amines) is 1. The smallest absolute Gasteiger partial charge is 0.410 e. The summed E-state index contributed by atoms with van der Waals surface area (Å²) in [6, 6.07) is 0. The van der Waals surface area contributed by atoms with Crippen molar-refractivity contribution < 1.29 is 19.1 Å². The summed E-state index contributed by atoms with van der Waals surface area (Å²) in [7, 11) is 0. The third kappa shape index (κ3) is 2.60. The fourth-order valence-corrected chi connectivity index (χ4v) is 2.58. The summed E-state index contributed by atoms with van der Waals surface area (Å²) >= 11 is 0. The maximum atomic E-state index is 12.0. The summed E-state index contributed by atoms with van der Waals surface area (Å²) in [6.07, 6.45) is 2.02. The van der Waals surface area contributed by atoms with Gasteiger partial charge in [0.05, 0.1) is 12.0 Å². The van der Waals surface area contributed by atoms with Gasteiger partial charge in [0.15, 0.2) is 0 Å². The summed E-state index contributed by atoms with van der Waals surface area (Å²) in [5.41, 5.74) is -0.979. The number of cyclic esters (lactones) is 1. The van der Waals surface area contributed by atoms with Crippen molar-refractivity contribution >= 4 is 12.1 Å². The first-order valence-electron chi connectivity index (χ1n) is 6.48. The summed E-state index contributed by atoms with van der Waals surface area (Å²) < 4.78 is 10.4. The third-order valence-electron chi connectivity index (χ3n) is 3.48. The van der Waals surface area contributed by atoms with Crippen molar-refractivity contribution in [3.63, 3.8) is 0 Å². The number of nitrogens with zero attached hydrogens (tertiary/aromatic N) is 1. The van der Waals surface area contributed by atoms with E-state index >= 15 is 0 Å². The van der Waals surface area contributed by atoms with Crippen LogP contribution in [0.25, 0.3) is 0 Å². The highest BCUT2D eigenvalue weighted by Crippen LogP contribution is 2.39. The zero-order valence-corrected chi connectivity index (χ0v) is 11.3. The summed E-state index contributed by atoms with van der Waals surface area (Å²) in [4.78, 5) is 25.5. The second kappa shape index (κ2) is 4.44. The number of carbonyl (C=O) groups excluding carboxylic acids is 2. The second-order valence-corrected chi connectivity index (χ2v) is 6.17. The van der Waals surface area contributed by atoms with E-state index in [-0.39, 0.29) is 12.1 Å². The molecule has 5 heteroatoms. The molecule has 0 aromatic heterocycles. The Bertz CT molecular complexity index is 360. The highest BCUT2D eigenvalue weighted by molar-refractivity contribution is 5.80. The van der Waals surface area contributed by atoms with Crippen LogP contribution in [0.5, 0.6) is 0 Å². The number of amides is 1. The van der Waals surface area contributed by atoms with Crippen molar-refractivity contribution in [2.45, 2.75) is 45.6 Å². The van der Waals surface area contributed by atoms with Crippen LogP contribution in [0.15, 0.2) is 0 Å². The van der Waals surface area contributed by atoms with E-state index in [0.29, 0.717) is 26.1 Å². The molecule has 18 heavy (non-hydrogen) atoms. The molecule has 2 saturated heterocycles. The lowest BCUT2D eigenvalue weighted by molar-refractivity contribution is -0.148. The van der Waals surface area contributed by atoms with Gasteiger partial charge in [-0.3, -0.25) is 4.79 Å². The Morgan fingerprint density at radius 2 is 2.11 bits per heavy atom. The average molecular weight is 255 g/mol. The lowest BCUT2D eigenvalue weighted by atomic mass is 9.79. The van der Waals surface area contributed by atoms with Crippen LogP contribution in [-0.4, -0.2) is 42.3 Å². The SMILES string of the molecule is CC(C)(C)OC(=O)N1CCC[C@]2(CCOC2=O)C1. The second-order valence-electron chi connectivity index (χ2n) is 6.17. The van der Waals surface area contributed by atoms with Gasteiger partial charge in [-0.2, -0.15) is 0 Å². The highest BCUT2D eigenvalue weighted by Gasteiger charge is 2.48. The molecule has 2 heterocycles. The van der Waals surface area contributed by atoms with Crippen LogP contribution in [0.3, 0.4) is 0 Å². The predicted octanol–water partition coefficient (Wildman–Crippen LogP) is 1.95. The van der Waals surface area contributed by atoms with Gasteiger partial charge in [-0.05, 0) is 40.0 Å². The molecule has 2 fully saturated rings. The molecule has 2 aliphatic heterocycles. The van der Waals surface area contributed by atoms with Gasteiger partial charge in [-0.15, -0.1) is 0 Å². The molecule has 0 aliphatic carbocycles. The van der Waals surface area contributed by atoms with Gasteiger partial charge in [0.1, 0.15) is 5.60 Å². The van der Waals surface area contributed by atoms with Crippen LogP contribution in [0.4, 0.5) is 4.79 Å². The number of ether oxygens (including phenoxy) is 2. The molecule has 1 spiro atoms. The Balaban J connectivity index is 2.03. The molecular weight excluding hydrogens is 234 g/mol. The van der Waals surface area contributed by atoms with E-state index in [9.17, 15) is 9.59 Å². The minimum atomic E-state index is -0.502. The maximum absolute atomic E-state index is 12.0. The van der Waals surface area contributed by atoms with Crippen molar-refractivity contribution in [2.24, 2.45) is 5.41 Å². The van der Waals surface area contributed by atoms with Crippen LogP contribution >= 0.6 is 0 Å². The Kier molecular flexibility index (Phi) is 3.25. The van der Waals surface area contributed by atoms with Crippen LogP contribution in [0.1, 0.15) is 40.0 Å². The molecule has 102 valence electrons. The first-order chi connectivity index (χ1) is 8.32. The van der Waals surface area contributed by atoms with Crippen LogP contribution in [0.2, 0.25) is 0 Å². The van der Waals surface area contributed by atoms with Crippen molar-refractivity contribution in [3.8, 4) is 0 Å². The normalized spacial score (nSPS) is 28.4. The zero-order chi connectivity index (χ0) is 13.4. The monoisotopic (exact) mass is 255 g/mol. The van der Waals surface area contributed by atoms with Crippen molar-refractivity contribution in [2.75, 3.05) is 19.7 Å². The molecule has 0 aromatic rings. The van der Waals surface area contributed by atoms with Gasteiger partial charge in [0, 0.05) is 13.1 Å². The summed E-state index contributed by atoms with van der Waals surface area (Å²) in [5, 5.41) is 0. The Morgan fingerprint density at radius 3 is 2.67 bits per heavy atom. The number of hydrogen-bond acceptors (Lipinski definition) is 4. The van der Waals surface area contributed by atoms with E-state index in [2.05, 4.69) is 0 Å². The van der Waals surface area contributed by atoms with Crippen LogP contribution in [-0.2, 0) is 14.3 Å². The van der Waals surface area contributed by atoms with Crippen molar-refractivity contribution in [1.29, 1.82) is 0 Å². The van der Waals surface area contributed by atoms with E-state index in [1.54, 1.807) is 4.90 Å². The average Bonchev–Trinajstić information content (AvgIpc) is 2.58. The molecule has 1 amide bonds. The minimum Gasteiger partial charge on any atom is -0.465 e. The lowest BCUT2D eigenvalue weighted by Crippen LogP contribution is -2.49. The molecule has 2 aliphatic rings. The van der Waals surface area contributed by atoms with Gasteiger partial charge < -0.3 is 14.4 Å². The standard InChI is InChI=1S/C13H21NO4/c1-12(2,3)18-11(16)14-7-4-5-13(9-14)6-8-17-10(13)15/h4-9H2,1-3H3/t13-/m0/s1. The van der Waals surface area contributed by atoms with Crippen molar-refractivity contribution in [1.82, 2.24) is 4.90 Å². The number of hydrogen-bond donors (Lipinski definition) is 0. The molecule has 0 saturated carbocycles. The van der Waals surface area contributed by atoms with E-state index < -0.39 is 11.0 Å². The van der Waals surface area contributed by atoms with Crippen LogP contribution in [0, 0.1) is 5.41 Å². The van der Waals surface area contributed by atoms with E-state index in [0.717, 1.165) is 12.8 Å². The fraction of sp³-hybridized carbons (Fsp3) is 0.846. The van der Waals surface area contributed by atoms with E-state index in [1.165, 1.54) is 0 Å². The van der Waals surface area contributed by atoms with Gasteiger partial charge in [-0.1, -0.05) is 0 Å². The van der Waals surface area contributed by atoms with Gasteiger partial charge in [-0.25, -0.2) is 4.79 Å². The van der Waals surface area contributed by atoms with E-state index in [4.69, 9.17) is 9.47 Å². The molecule has 0 N–H and O–H groups in total. The minimum absolute atomic E-state index is 0.157. The molecule has 0 unspecified atom stereocenters. The molecule has 0 bridgehead atoms. The zero-order valence-electron chi connectivity index (χ0n) is 11.3. The number of piperidine rings is 1. The Morgan fingerprint density at radius 1 is 1.39 bits per heavy atom. The van der Waals surface area contributed by atoms with Crippen molar-refractivity contribution in [3.05, 3.63) is 0 Å². The maximum Gasteiger partial charge on any atom is 0.410 e. The Hall–Kier alpha value is -1.26.